The van der Waals surface area contributed by atoms with Crippen LogP contribution in [0.5, 0.6) is 5.75 Å². The highest BCUT2D eigenvalue weighted by Crippen LogP contribution is 2.34. The predicted octanol–water partition coefficient (Wildman–Crippen LogP) is 4.32. The SMILES string of the molecule is COC(=O)c1c(C(=O)OC)c2c(OCc3ccccc3)cccn2c1C(=O)c1ccccc1. The van der Waals surface area contributed by atoms with Gasteiger partial charge in [0.1, 0.15) is 34.7 Å². The highest BCUT2D eigenvalue weighted by molar-refractivity contribution is 6.20. The van der Waals surface area contributed by atoms with E-state index in [1.807, 2.05) is 30.3 Å². The highest BCUT2D eigenvalue weighted by atomic mass is 16.5. The third kappa shape index (κ3) is 4.08. The topological polar surface area (TPSA) is 83.3 Å². The summed E-state index contributed by atoms with van der Waals surface area (Å²) < 4.78 is 17.4. The average Bonchev–Trinajstić information content (AvgIpc) is 3.23. The first-order valence-electron chi connectivity index (χ1n) is 10.2. The number of rotatable bonds is 7. The van der Waals surface area contributed by atoms with Crippen molar-refractivity contribution in [2.75, 3.05) is 14.2 Å². The molecule has 0 spiro atoms. The molecule has 0 amide bonds. The van der Waals surface area contributed by atoms with Crippen LogP contribution in [-0.2, 0) is 16.1 Å². The van der Waals surface area contributed by atoms with Gasteiger partial charge in [0.25, 0.3) is 0 Å². The molecule has 33 heavy (non-hydrogen) atoms. The standard InChI is InChI=1S/C26H21NO6/c1-31-25(29)20-21(26(30)32-2)23(24(28)18-12-7-4-8-13-18)27-15-9-14-19(22(20)27)33-16-17-10-5-3-6-11-17/h3-15H,16H2,1-2H3. The van der Waals surface area contributed by atoms with Crippen LogP contribution in [-0.4, -0.2) is 36.3 Å². The fourth-order valence-electron chi connectivity index (χ4n) is 3.68. The molecule has 0 fully saturated rings. The molecule has 7 nitrogen and oxygen atoms in total. The number of pyridine rings is 1. The Morgan fingerprint density at radius 3 is 2.00 bits per heavy atom. The van der Waals surface area contributed by atoms with Gasteiger partial charge in [0, 0.05) is 11.8 Å². The van der Waals surface area contributed by atoms with Crippen molar-refractivity contribution >= 4 is 23.2 Å². The van der Waals surface area contributed by atoms with E-state index in [0.29, 0.717) is 11.3 Å². The Balaban J connectivity index is 1.97. The number of aromatic nitrogens is 1. The Kier molecular flexibility index (Phi) is 6.22. The quantitative estimate of drug-likeness (QED) is 0.312. The third-order valence-corrected chi connectivity index (χ3v) is 5.19. The molecule has 0 aliphatic rings. The maximum absolute atomic E-state index is 13.5. The molecular weight excluding hydrogens is 422 g/mol. The molecule has 0 atom stereocenters. The lowest BCUT2D eigenvalue weighted by atomic mass is 10.0. The normalized spacial score (nSPS) is 10.6. The second kappa shape index (κ2) is 9.40. The van der Waals surface area contributed by atoms with Gasteiger partial charge in [0.05, 0.1) is 14.2 Å². The first kappa shape index (κ1) is 21.8. The molecule has 0 N–H and O–H groups in total. The van der Waals surface area contributed by atoms with Crippen molar-refractivity contribution < 1.29 is 28.6 Å². The van der Waals surface area contributed by atoms with Crippen LogP contribution in [0.3, 0.4) is 0 Å². The number of benzene rings is 2. The summed E-state index contributed by atoms with van der Waals surface area (Å²) in [6.45, 7) is 0.224. The minimum atomic E-state index is -0.826. The molecule has 0 bridgehead atoms. The molecule has 2 aromatic carbocycles. The van der Waals surface area contributed by atoms with Crippen molar-refractivity contribution in [1.29, 1.82) is 0 Å². The second-order valence-electron chi connectivity index (χ2n) is 7.14. The molecule has 0 aliphatic carbocycles. The number of esters is 2. The van der Waals surface area contributed by atoms with Crippen LogP contribution in [0, 0.1) is 0 Å². The van der Waals surface area contributed by atoms with Gasteiger partial charge in [0.2, 0.25) is 5.78 Å². The second-order valence-corrected chi connectivity index (χ2v) is 7.14. The van der Waals surface area contributed by atoms with E-state index in [0.717, 1.165) is 5.56 Å². The van der Waals surface area contributed by atoms with Crippen LogP contribution in [0.25, 0.3) is 5.52 Å². The van der Waals surface area contributed by atoms with Gasteiger partial charge in [-0.05, 0) is 17.7 Å². The zero-order valence-corrected chi connectivity index (χ0v) is 18.1. The van der Waals surface area contributed by atoms with Gasteiger partial charge in [-0.25, -0.2) is 9.59 Å². The van der Waals surface area contributed by atoms with Crippen LogP contribution in [0.1, 0.15) is 42.3 Å². The lowest BCUT2D eigenvalue weighted by molar-refractivity contribution is 0.0556. The first-order chi connectivity index (χ1) is 16.1. The summed E-state index contributed by atoms with van der Waals surface area (Å²) in [4.78, 5) is 39.2. The zero-order chi connectivity index (χ0) is 23.4. The van der Waals surface area contributed by atoms with Gasteiger partial charge in [-0.1, -0.05) is 60.7 Å². The first-order valence-corrected chi connectivity index (χ1v) is 10.2. The summed E-state index contributed by atoms with van der Waals surface area (Å²) in [7, 11) is 2.40. The summed E-state index contributed by atoms with van der Waals surface area (Å²) in [5, 5.41) is 0. The van der Waals surface area contributed by atoms with Gasteiger partial charge < -0.3 is 18.6 Å². The van der Waals surface area contributed by atoms with Crippen molar-refractivity contribution in [3.63, 3.8) is 0 Å². The molecule has 2 heterocycles. The minimum absolute atomic E-state index is 0.00592. The largest absolute Gasteiger partial charge is 0.487 e. The lowest BCUT2D eigenvalue weighted by Crippen LogP contribution is -2.15. The van der Waals surface area contributed by atoms with Crippen molar-refractivity contribution in [2.24, 2.45) is 0 Å². The van der Waals surface area contributed by atoms with Crippen LogP contribution < -0.4 is 4.74 Å². The lowest BCUT2D eigenvalue weighted by Gasteiger charge is -2.10. The number of carbonyl (C=O) groups excluding carboxylic acids is 3. The average molecular weight is 443 g/mol. The number of fused-ring (bicyclic) bond motifs is 1. The number of hydrogen-bond donors (Lipinski definition) is 0. The van der Waals surface area contributed by atoms with Gasteiger partial charge in [-0.3, -0.25) is 4.79 Å². The van der Waals surface area contributed by atoms with E-state index in [1.165, 1.54) is 18.6 Å². The van der Waals surface area contributed by atoms with Crippen molar-refractivity contribution in [3.8, 4) is 5.75 Å². The van der Waals surface area contributed by atoms with Gasteiger partial charge >= 0.3 is 11.9 Å². The van der Waals surface area contributed by atoms with Gasteiger partial charge in [0.15, 0.2) is 0 Å². The number of hydrogen-bond acceptors (Lipinski definition) is 6. The van der Waals surface area contributed by atoms with Crippen LogP contribution >= 0.6 is 0 Å². The molecule has 0 saturated heterocycles. The smallest absolute Gasteiger partial charge is 0.341 e. The molecule has 0 radical (unpaired) electrons. The van der Waals surface area contributed by atoms with E-state index in [1.54, 1.807) is 48.7 Å². The maximum atomic E-state index is 13.5. The Bertz CT molecular complexity index is 1330. The van der Waals surface area contributed by atoms with Crippen molar-refractivity contribution in [3.05, 3.63) is 107 Å². The number of carbonyl (C=O) groups is 3. The van der Waals surface area contributed by atoms with Crippen molar-refractivity contribution in [1.82, 2.24) is 4.40 Å². The predicted molar refractivity (Wildman–Crippen MR) is 121 cm³/mol. The fourth-order valence-corrected chi connectivity index (χ4v) is 3.68. The summed E-state index contributed by atoms with van der Waals surface area (Å²) in [5.74, 6) is -1.73. The third-order valence-electron chi connectivity index (χ3n) is 5.19. The number of nitrogens with zero attached hydrogens (tertiary/aromatic N) is 1. The molecule has 0 saturated carbocycles. The molecule has 2 aromatic heterocycles. The van der Waals surface area contributed by atoms with Crippen molar-refractivity contribution in [2.45, 2.75) is 6.61 Å². The van der Waals surface area contributed by atoms with Crippen LogP contribution in [0.2, 0.25) is 0 Å². The molecule has 0 aliphatic heterocycles. The van der Waals surface area contributed by atoms with Crippen LogP contribution in [0.4, 0.5) is 0 Å². The fraction of sp³-hybridized carbons (Fsp3) is 0.115. The molecular formula is C26H21NO6. The van der Waals surface area contributed by atoms with E-state index in [4.69, 9.17) is 14.2 Å². The zero-order valence-electron chi connectivity index (χ0n) is 18.1. The Morgan fingerprint density at radius 1 is 0.758 bits per heavy atom. The number of methoxy groups -OCH3 is 2. The Labute approximate surface area is 190 Å². The van der Waals surface area contributed by atoms with E-state index < -0.39 is 17.7 Å². The number of ketones is 1. The van der Waals surface area contributed by atoms with E-state index >= 15 is 0 Å². The molecule has 0 unspecified atom stereocenters. The molecule has 4 rings (SSSR count). The van der Waals surface area contributed by atoms with E-state index in [-0.39, 0.29) is 28.9 Å². The van der Waals surface area contributed by atoms with Gasteiger partial charge in [-0.2, -0.15) is 0 Å². The van der Waals surface area contributed by atoms with Crippen LogP contribution in [0.15, 0.2) is 79.0 Å². The van der Waals surface area contributed by atoms with Gasteiger partial charge in [-0.15, -0.1) is 0 Å². The minimum Gasteiger partial charge on any atom is -0.487 e. The van der Waals surface area contributed by atoms with E-state index in [9.17, 15) is 14.4 Å². The molecule has 7 heteroatoms. The Morgan fingerprint density at radius 2 is 1.36 bits per heavy atom. The summed E-state index contributed by atoms with van der Waals surface area (Å²) in [5.41, 5.74) is 1.25. The summed E-state index contributed by atoms with van der Waals surface area (Å²) in [6.07, 6.45) is 1.60. The maximum Gasteiger partial charge on any atom is 0.341 e. The molecule has 4 aromatic rings. The Hall–Kier alpha value is -4.39. The monoisotopic (exact) mass is 443 g/mol. The molecule has 166 valence electrons. The summed E-state index contributed by atoms with van der Waals surface area (Å²) in [6, 6.07) is 21.3. The van der Waals surface area contributed by atoms with E-state index in [2.05, 4.69) is 0 Å². The number of ether oxygens (including phenoxy) is 3. The highest BCUT2D eigenvalue weighted by Gasteiger charge is 2.34. The summed E-state index contributed by atoms with van der Waals surface area (Å²) >= 11 is 0.